The van der Waals surface area contributed by atoms with Crippen molar-refractivity contribution in [2.75, 3.05) is 11.9 Å². The largest absolute Gasteiger partial charge is 0.364 e. The molecule has 1 amide bonds. The third-order valence-corrected chi connectivity index (χ3v) is 4.00. The van der Waals surface area contributed by atoms with Crippen LogP contribution in [-0.4, -0.2) is 33.1 Å². The van der Waals surface area contributed by atoms with E-state index in [1.54, 1.807) is 6.07 Å². The molecule has 0 spiro atoms. The Morgan fingerprint density at radius 3 is 2.75 bits per heavy atom. The van der Waals surface area contributed by atoms with Crippen LogP contribution in [0.15, 0.2) is 29.2 Å². The molecule has 1 aliphatic rings. The molecule has 0 radical (unpaired) electrons. The Balaban J connectivity index is 2.05. The molecule has 20 heavy (non-hydrogen) atoms. The van der Waals surface area contributed by atoms with Gasteiger partial charge in [0.05, 0.1) is 11.0 Å². The molecule has 7 nitrogen and oxygen atoms in total. The van der Waals surface area contributed by atoms with Gasteiger partial charge in [-0.3, -0.25) is 4.79 Å². The number of carbonyl (C=O) groups is 1. The molecule has 1 aromatic carbocycles. The maximum absolute atomic E-state index is 12.0. The Morgan fingerprint density at radius 1 is 1.40 bits per heavy atom. The van der Waals surface area contributed by atoms with Gasteiger partial charge in [-0.25, -0.2) is 13.6 Å². The number of nitrogens with one attached hydrogen (secondary N) is 1. The quantitative estimate of drug-likeness (QED) is 0.709. The van der Waals surface area contributed by atoms with Gasteiger partial charge in [0.15, 0.2) is 0 Å². The van der Waals surface area contributed by atoms with Crippen molar-refractivity contribution in [3.8, 4) is 0 Å². The monoisotopic (exact) mass is 299 g/mol. The maximum atomic E-state index is 12.0. The van der Waals surface area contributed by atoms with Crippen molar-refractivity contribution in [3.63, 3.8) is 0 Å². The molecule has 0 aliphatic carbocycles. The van der Waals surface area contributed by atoms with Crippen LogP contribution in [0.25, 0.3) is 0 Å². The smallest absolute Gasteiger partial charge is 0.253 e. The van der Waals surface area contributed by atoms with Crippen molar-refractivity contribution in [1.82, 2.24) is 0 Å². The zero-order valence-electron chi connectivity index (χ0n) is 10.8. The van der Waals surface area contributed by atoms with E-state index in [4.69, 9.17) is 15.6 Å². The predicted molar refractivity (Wildman–Crippen MR) is 73.4 cm³/mol. The standard InChI is InChI=1S/C12H17N3O4S/c13-7-9-4-5-11(19-9)12(16)15-8-2-1-3-10(6-8)20(14,17)18/h1-3,6,9,11H,4-5,7,13H2,(H,15,16)(H2,14,17,18). The molecule has 5 N–H and O–H groups in total. The molecule has 2 atom stereocenters. The SMILES string of the molecule is NCC1CCC(C(=O)Nc2cccc(S(N)(=O)=O)c2)O1. The van der Waals surface area contributed by atoms with Crippen molar-refractivity contribution in [3.05, 3.63) is 24.3 Å². The molecular formula is C12H17N3O4S. The summed E-state index contributed by atoms with van der Waals surface area (Å²) < 4.78 is 27.9. The highest BCUT2D eigenvalue weighted by atomic mass is 32.2. The number of sulfonamides is 1. The fraction of sp³-hybridized carbons (Fsp3) is 0.417. The summed E-state index contributed by atoms with van der Waals surface area (Å²) >= 11 is 0. The summed E-state index contributed by atoms with van der Waals surface area (Å²) in [6.45, 7) is 0.380. The van der Waals surface area contributed by atoms with Crippen molar-refractivity contribution in [2.45, 2.75) is 29.9 Å². The number of primary sulfonamides is 1. The second kappa shape index (κ2) is 5.88. The third kappa shape index (κ3) is 3.54. The van der Waals surface area contributed by atoms with Crippen molar-refractivity contribution in [2.24, 2.45) is 10.9 Å². The van der Waals surface area contributed by atoms with E-state index < -0.39 is 16.1 Å². The van der Waals surface area contributed by atoms with Gasteiger partial charge in [0.2, 0.25) is 10.0 Å². The van der Waals surface area contributed by atoms with Gasteiger partial charge in [-0.05, 0) is 31.0 Å². The normalized spacial score (nSPS) is 22.7. The van der Waals surface area contributed by atoms with Crippen molar-refractivity contribution in [1.29, 1.82) is 0 Å². The molecule has 1 saturated heterocycles. The van der Waals surface area contributed by atoms with Gasteiger partial charge in [-0.1, -0.05) is 6.07 Å². The van der Waals surface area contributed by atoms with E-state index in [1.807, 2.05) is 0 Å². The van der Waals surface area contributed by atoms with Gasteiger partial charge >= 0.3 is 0 Å². The number of anilines is 1. The Labute approximate surface area is 117 Å². The lowest BCUT2D eigenvalue weighted by molar-refractivity contribution is -0.126. The van der Waals surface area contributed by atoms with Gasteiger partial charge in [-0.2, -0.15) is 0 Å². The topological polar surface area (TPSA) is 125 Å². The minimum absolute atomic E-state index is 0.0533. The lowest BCUT2D eigenvalue weighted by Gasteiger charge is -2.13. The Kier molecular flexibility index (Phi) is 4.39. The van der Waals surface area contributed by atoms with Crippen LogP contribution in [0, 0.1) is 0 Å². The fourth-order valence-electron chi connectivity index (χ4n) is 2.05. The van der Waals surface area contributed by atoms with Crippen LogP contribution in [-0.2, 0) is 19.6 Å². The average molecular weight is 299 g/mol. The molecule has 1 aromatic rings. The van der Waals surface area contributed by atoms with E-state index in [0.717, 1.165) is 6.42 Å². The van der Waals surface area contributed by atoms with Crippen molar-refractivity contribution >= 4 is 21.6 Å². The van der Waals surface area contributed by atoms with Gasteiger partial charge < -0.3 is 15.8 Å². The van der Waals surface area contributed by atoms with Gasteiger partial charge in [0.25, 0.3) is 5.91 Å². The first-order valence-corrected chi connectivity index (χ1v) is 7.74. The minimum Gasteiger partial charge on any atom is -0.364 e. The van der Waals surface area contributed by atoms with E-state index >= 15 is 0 Å². The number of ether oxygens (including phenoxy) is 1. The molecule has 1 aliphatic heterocycles. The molecule has 8 heteroatoms. The Hall–Kier alpha value is -1.48. The Morgan fingerprint density at radius 2 is 2.15 bits per heavy atom. The first-order chi connectivity index (χ1) is 9.40. The fourth-order valence-corrected chi connectivity index (χ4v) is 2.61. The molecule has 0 bridgehead atoms. The van der Waals surface area contributed by atoms with Crippen LogP contribution in [0.1, 0.15) is 12.8 Å². The highest BCUT2D eigenvalue weighted by molar-refractivity contribution is 7.89. The van der Waals surface area contributed by atoms with E-state index in [-0.39, 0.29) is 16.9 Å². The first kappa shape index (κ1) is 14.9. The van der Waals surface area contributed by atoms with Gasteiger partial charge in [0.1, 0.15) is 6.10 Å². The summed E-state index contributed by atoms with van der Waals surface area (Å²) in [6, 6.07) is 5.76. The minimum atomic E-state index is -3.79. The molecule has 2 unspecified atom stereocenters. The zero-order valence-corrected chi connectivity index (χ0v) is 11.6. The van der Waals surface area contributed by atoms with Crippen LogP contribution in [0.2, 0.25) is 0 Å². The molecule has 1 fully saturated rings. The summed E-state index contributed by atoms with van der Waals surface area (Å²) in [7, 11) is -3.79. The average Bonchev–Trinajstić information content (AvgIpc) is 2.87. The number of benzene rings is 1. The van der Waals surface area contributed by atoms with E-state index in [0.29, 0.717) is 18.7 Å². The van der Waals surface area contributed by atoms with Crippen LogP contribution < -0.4 is 16.2 Å². The van der Waals surface area contributed by atoms with Crippen LogP contribution in [0.4, 0.5) is 5.69 Å². The molecular weight excluding hydrogens is 282 g/mol. The predicted octanol–water partition coefficient (Wildman–Crippen LogP) is -0.221. The van der Waals surface area contributed by atoms with Crippen LogP contribution in [0.5, 0.6) is 0 Å². The zero-order chi connectivity index (χ0) is 14.8. The number of hydrogen-bond donors (Lipinski definition) is 3. The summed E-state index contributed by atoms with van der Waals surface area (Å²) in [5, 5.41) is 7.65. The van der Waals surface area contributed by atoms with Crippen molar-refractivity contribution < 1.29 is 17.9 Å². The molecule has 0 saturated carbocycles. The van der Waals surface area contributed by atoms with E-state index in [9.17, 15) is 13.2 Å². The molecule has 2 rings (SSSR count). The first-order valence-electron chi connectivity index (χ1n) is 6.19. The number of nitrogens with two attached hydrogens (primary N) is 2. The summed E-state index contributed by atoms with van der Waals surface area (Å²) in [4.78, 5) is 11.9. The highest BCUT2D eigenvalue weighted by Gasteiger charge is 2.29. The third-order valence-electron chi connectivity index (χ3n) is 3.09. The number of rotatable bonds is 4. The second-order valence-corrected chi connectivity index (χ2v) is 6.18. The lowest BCUT2D eigenvalue weighted by atomic mass is 10.2. The lowest BCUT2D eigenvalue weighted by Crippen LogP contribution is -2.29. The summed E-state index contributed by atoms with van der Waals surface area (Å²) in [6.07, 6.45) is 0.692. The van der Waals surface area contributed by atoms with Gasteiger partial charge in [-0.15, -0.1) is 0 Å². The molecule has 110 valence electrons. The van der Waals surface area contributed by atoms with Gasteiger partial charge in [0, 0.05) is 12.2 Å². The summed E-state index contributed by atoms with van der Waals surface area (Å²) in [5.74, 6) is -0.312. The maximum Gasteiger partial charge on any atom is 0.253 e. The summed E-state index contributed by atoms with van der Waals surface area (Å²) in [5.41, 5.74) is 5.84. The van der Waals surface area contributed by atoms with Crippen LogP contribution >= 0.6 is 0 Å². The number of hydrogen-bond acceptors (Lipinski definition) is 5. The van der Waals surface area contributed by atoms with E-state index in [1.165, 1.54) is 18.2 Å². The molecule has 1 heterocycles. The molecule has 0 aromatic heterocycles. The van der Waals surface area contributed by atoms with E-state index in [2.05, 4.69) is 5.32 Å². The Bertz CT molecular complexity index is 602. The van der Waals surface area contributed by atoms with Crippen LogP contribution in [0.3, 0.4) is 0 Å². The number of amides is 1. The second-order valence-electron chi connectivity index (χ2n) is 4.62. The highest BCUT2D eigenvalue weighted by Crippen LogP contribution is 2.21. The number of carbonyl (C=O) groups excluding carboxylic acids is 1.